The number of pyridine rings is 1. The Hall–Kier alpha value is -2.10. The highest BCUT2D eigenvalue weighted by atomic mass is 16.5. The molecule has 1 aliphatic rings. The molecule has 0 aliphatic carbocycles. The van der Waals surface area contributed by atoms with Crippen LogP contribution in [0.1, 0.15) is 12.8 Å². The molecule has 0 amide bonds. The Labute approximate surface area is 112 Å². The molecular formula is C15H16N2O2. The minimum Gasteiger partial charge on any atom is -0.496 e. The molecule has 3 rings (SSSR count). The molecule has 2 aromatic rings. The van der Waals surface area contributed by atoms with Gasteiger partial charge < -0.3 is 9.64 Å². The number of Topliss-reactive ketones (excluding diaryl/α,β-unsaturated/α-hetero) is 1. The Morgan fingerprint density at radius 2 is 2.05 bits per heavy atom. The molecular weight excluding hydrogens is 240 g/mol. The Balaban J connectivity index is 1.96. The van der Waals surface area contributed by atoms with Crippen molar-refractivity contribution >= 4 is 22.4 Å². The Morgan fingerprint density at radius 1 is 1.26 bits per heavy atom. The maximum Gasteiger partial charge on any atom is 0.136 e. The van der Waals surface area contributed by atoms with Gasteiger partial charge in [-0.3, -0.25) is 4.79 Å². The van der Waals surface area contributed by atoms with E-state index >= 15 is 0 Å². The van der Waals surface area contributed by atoms with Gasteiger partial charge >= 0.3 is 0 Å². The van der Waals surface area contributed by atoms with Gasteiger partial charge in [0.15, 0.2) is 0 Å². The van der Waals surface area contributed by atoms with Gasteiger partial charge in [0.1, 0.15) is 17.4 Å². The molecule has 19 heavy (non-hydrogen) atoms. The number of piperidine rings is 1. The summed E-state index contributed by atoms with van der Waals surface area (Å²) >= 11 is 0. The van der Waals surface area contributed by atoms with E-state index in [1.54, 1.807) is 7.11 Å². The number of ketones is 1. The van der Waals surface area contributed by atoms with Crippen LogP contribution in [0.2, 0.25) is 0 Å². The molecule has 0 bridgehead atoms. The van der Waals surface area contributed by atoms with Crippen molar-refractivity contribution in [2.75, 3.05) is 25.1 Å². The lowest BCUT2D eigenvalue weighted by Gasteiger charge is -2.27. The second kappa shape index (κ2) is 4.88. The second-order valence-corrected chi connectivity index (χ2v) is 4.75. The van der Waals surface area contributed by atoms with Crippen molar-refractivity contribution in [2.24, 2.45) is 0 Å². The minimum absolute atomic E-state index is 0.346. The van der Waals surface area contributed by atoms with Gasteiger partial charge in [0.25, 0.3) is 0 Å². The van der Waals surface area contributed by atoms with Gasteiger partial charge in [-0.1, -0.05) is 12.1 Å². The molecule has 98 valence electrons. The van der Waals surface area contributed by atoms with E-state index < -0.39 is 0 Å². The normalized spacial score (nSPS) is 15.8. The number of aromatic nitrogens is 1. The first-order valence-corrected chi connectivity index (χ1v) is 6.47. The van der Waals surface area contributed by atoms with Crippen LogP contribution < -0.4 is 9.64 Å². The standard InChI is InChI=1S/C15H16N2O2/c1-19-14-4-2-3-11-9-15(16-10-13(11)14)17-7-5-12(18)6-8-17/h2-4,9-10H,5-8H2,1H3. The number of methoxy groups -OCH3 is 1. The van der Waals surface area contributed by atoms with E-state index in [0.717, 1.165) is 35.4 Å². The fourth-order valence-electron chi connectivity index (χ4n) is 2.47. The van der Waals surface area contributed by atoms with Gasteiger partial charge in [0.2, 0.25) is 0 Å². The minimum atomic E-state index is 0.346. The summed E-state index contributed by atoms with van der Waals surface area (Å²) in [6, 6.07) is 8.03. The van der Waals surface area contributed by atoms with Gasteiger partial charge in [-0.05, 0) is 17.5 Å². The summed E-state index contributed by atoms with van der Waals surface area (Å²) < 4.78 is 5.33. The highest BCUT2D eigenvalue weighted by molar-refractivity contribution is 5.89. The Morgan fingerprint density at radius 3 is 2.79 bits per heavy atom. The van der Waals surface area contributed by atoms with Crippen molar-refractivity contribution in [2.45, 2.75) is 12.8 Å². The molecule has 4 nitrogen and oxygen atoms in total. The molecule has 1 aliphatic heterocycles. The molecule has 0 saturated carbocycles. The number of nitrogens with zero attached hydrogens (tertiary/aromatic N) is 2. The summed E-state index contributed by atoms with van der Waals surface area (Å²) in [6.07, 6.45) is 3.09. The number of benzene rings is 1. The summed E-state index contributed by atoms with van der Waals surface area (Å²) in [5, 5.41) is 2.13. The largest absolute Gasteiger partial charge is 0.496 e. The van der Waals surface area contributed by atoms with Crippen LogP contribution in [0.4, 0.5) is 5.82 Å². The third kappa shape index (κ3) is 2.26. The fraction of sp³-hybridized carbons (Fsp3) is 0.333. The first kappa shape index (κ1) is 12.0. The summed E-state index contributed by atoms with van der Waals surface area (Å²) in [6.45, 7) is 1.53. The van der Waals surface area contributed by atoms with E-state index in [2.05, 4.69) is 22.0 Å². The maximum atomic E-state index is 11.3. The Bertz CT molecular complexity index is 615. The van der Waals surface area contributed by atoms with E-state index in [4.69, 9.17) is 4.74 Å². The molecule has 0 spiro atoms. The van der Waals surface area contributed by atoms with Crippen molar-refractivity contribution in [1.29, 1.82) is 0 Å². The molecule has 0 N–H and O–H groups in total. The van der Waals surface area contributed by atoms with Crippen molar-refractivity contribution < 1.29 is 9.53 Å². The first-order chi connectivity index (χ1) is 9.28. The van der Waals surface area contributed by atoms with Gasteiger partial charge in [-0.2, -0.15) is 0 Å². The summed E-state index contributed by atoms with van der Waals surface area (Å²) in [4.78, 5) is 17.9. The van der Waals surface area contributed by atoms with E-state index in [9.17, 15) is 4.79 Å². The zero-order chi connectivity index (χ0) is 13.2. The van der Waals surface area contributed by atoms with Crippen LogP contribution in [0.5, 0.6) is 5.75 Å². The van der Waals surface area contributed by atoms with Crippen molar-refractivity contribution in [1.82, 2.24) is 4.98 Å². The Kier molecular flexibility index (Phi) is 3.07. The zero-order valence-electron chi connectivity index (χ0n) is 10.9. The second-order valence-electron chi connectivity index (χ2n) is 4.75. The van der Waals surface area contributed by atoms with Gasteiger partial charge in [-0.15, -0.1) is 0 Å². The van der Waals surface area contributed by atoms with Gasteiger partial charge in [-0.25, -0.2) is 4.98 Å². The van der Waals surface area contributed by atoms with Crippen LogP contribution in [-0.2, 0) is 4.79 Å². The summed E-state index contributed by atoms with van der Waals surface area (Å²) in [5.41, 5.74) is 0. The van der Waals surface area contributed by atoms with Gasteiger partial charge in [0, 0.05) is 37.5 Å². The van der Waals surface area contributed by atoms with Crippen molar-refractivity contribution in [3.8, 4) is 5.75 Å². The predicted octanol–water partition coefficient (Wildman–Crippen LogP) is 2.41. The number of anilines is 1. The highest BCUT2D eigenvalue weighted by Crippen LogP contribution is 2.27. The van der Waals surface area contributed by atoms with Crippen LogP contribution in [0, 0.1) is 0 Å². The van der Waals surface area contributed by atoms with E-state index in [1.165, 1.54) is 0 Å². The van der Waals surface area contributed by atoms with Crippen molar-refractivity contribution in [3.05, 3.63) is 30.5 Å². The van der Waals surface area contributed by atoms with Crippen LogP contribution >= 0.6 is 0 Å². The molecule has 1 saturated heterocycles. The highest BCUT2D eigenvalue weighted by Gasteiger charge is 2.17. The number of rotatable bonds is 2. The lowest BCUT2D eigenvalue weighted by Crippen LogP contribution is -2.34. The van der Waals surface area contributed by atoms with Crippen LogP contribution in [-0.4, -0.2) is 31.0 Å². The third-order valence-electron chi connectivity index (χ3n) is 3.58. The molecule has 0 unspecified atom stereocenters. The van der Waals surface area contributed by atoms with Crippen LogP contribution in [0.3, 0.4) is 0 Å². The number of hydrogen-bond acceptors (Lipinski definition) is 4. The molecule has 1 fully saturated rings. The maximum absolute atomic E-state index is 11.3. The number of fused-ring (bicyclic) bond motifs is 1. The van der Waals surface area contributed by atoms with Crippen LogP contribution in [0.15, 0.2) is 30.5 Å². The zero-order valence-corrected chi connectivity index (χ0v) is 10.9. The van der Waals surface area contributed by atoms with Crippen LogP contribution in [0.25, 0.3) is 10.8 Å². The number of carbonyl (C=O) groups is 1. The molecule has 1 aromatic heterocycles. The molecule has 2 heterocycles. The third-order valence-corrected chi connectivity index (χ3v) is 3.58. The molecule has 0 atom stereocenters. The average molecular weight is 256 g/mol. The number of hydrogen-bond donors (Lipinski definition) is 0. The molecule has 1 aromatic carbocycles. The average Bonchev–Trinajstić information content (AvgIpc) is 2.47. The molecule has 0 radical (unpaired) electrons. The first-order valence-electron chi connectivity index (χ1n) is 6.47. The monoisotopic (exact) mass is 256 g/mol. The van der Waals surface area contributed by atoms with E-state index in [0.29, 0.717) is 18.6 Å². The summed E-state index contributed by atoms with van der Waals surface area (Å²) in [7, 11) is 1.67. The lowest BCUT2D eigenvalue weighted by molar-refractivity contribution is -0.119. The fourth-order valence-corrected chi connectivity index (χ4v) is 2.47. The quantitative estimate of drug-likeness (QED) is 0.827. The predicted molar refractivity (Wildman–Crippen MR) is 74.7 cm³/mol. The molecule has 4 heteroatoms. The van der Waals surface area contributed by atoms with E-state index in [-0.39, 0.29) is 0 Å². The SMILES string of the molecule is COc1cccc2cc(N3CCC(=O)CC3)ncc12. The van der Waals surface area contributed by atoms with E-state index in [1.807, 2.05) is 18.3 Å². The van der Waals surface area contributed by atoms with Crippen molar-refractivity contribution in [3.63, 3.8) is 0 Å². The summed E-state index contributed by atoms with van der Waals surface area (Å²) in [5.74, 6) is 2.12. The number of carbonyl (C=O) groups excluding carboxylic acids is 1. The van der Waals surface area contributed by atoms with Gasteiger partial charge in [0.05, 0.1) is 7.11 Å². The smallest absolute Gasteiger partial charge is 0.136 e. The topological polar surface area (TPSA) is 42.4 Å². The lowest BCUT2D eigenvalue weighted by atomic mass is 10.1. The number of ether oxygens (including phenoxy) is 1.